The Balaban J connectivity index is 1.67. The molecule has 2 heterocycles. The number of piperidine rings is 1. The van der Waals surface area contributed by atoms with Crippen molar-refractivity contribution >= 4 is 0 Å². The van der Waals surface area contributed by atoms with Gasteiger partial charge < -0.3 is 5.32 Å². The predicted octanol–water partition coefficient (Wildman–Crippen LogP) is 0.934. The average Bonchev–Trinajstić information content (AvgIpc) is 2.78. The van der Waals surface area contributed by atoms with E-state index in [9.17, 15) is 0 Å². The van der Waals surface area contributed by atoms with E-state index in [0.717, 1.165) is 29.8 Å². The molecule has 74 valence electrons. The maximum Gasteiger partial charge on any atom is 0.0252 e. The van der Waals surface area contributed by atoms with E-state index in [4.69, 9.17) is 0 Å². The van der Waals surface area contributed by atoms with Gasteiger partial charge in [0.1, 0.15) is 0 Å². The van der Waals surface area contributed by atoms with Crippen LogP contribution in [0.2, 0.25) is 0 Å². The zero-order valence-corrected chi connectivity index (χ0v) is 8.66. The van der Waals surface area contributed by atoms with Gasteiger partial charge in [-0.1, -0.05) is 13.8 Å². The van der Waals surface area contributed by atoms with Gasteiger partial charge in [-0.2, -0.15) is 0 Å². The normalized spacial score (nSPS) is 49.2. The van der Waals surface area contributed by atoms with Crippen LogP contribution in [-0.2, 0) is 0 Å². The fraction of sp³-hybridized carbons (Fsp3) is 1.00. The molecule has 3 aliphatic rings. The molecule has 0 amide bonds. The van der Waals surface area contributed by atoms with E-state index in [2.05, 4.69) is 24.1 Å². The number of nitrogens with one attached hydrogen (secondary N) is 1. The molecule has 13 heavy (non-hydrogen) atoms. The Morgan fingerprint density at radius 2 is 2.15 bits per heavy atom. The average molecular weight is 180 g/mol. The van der Waals surface area contributed by atoms with E-state index >= 15 is 0 Å². The summed E-state index contributed by atoms with van der Waals surface area (Å²) in [7, 11) is 0. The van der Waals surface area contributed by atoms with Crippen LogP contribution in [0.4, 0.5) is 0 Å². The van der Waals surface area contributed by atoms with Crippen molar-refractivity contribution in [3.05, 3.63) is 0 Å². The molecule has 3 fully saturated rings. The van der Waals surface area contributed by atoms with Crippen LogP contribution < -0.4 is 5.32 Å². The van der Waals surface area contributed by atoms with Crippen LogP contribution in [0, 0.1) is 17.8 Å². The lowest BCUT2D eigenvalue weighted by atomic mass is 9.99. The van der Waals surface area contributed by atoms with Gasteiger partial charge in [0.25, 0.3) is 0 Å². The van der Waals surface area contributed by atoms with Crippen molar-refractivity contribution < 1.29 is 0 Å². The van der Waals surface area contributed by atoms with Gasteiger partial charge in [-0.25, -0.2) is 0 Å². The van der Waals surface area contributed by atoms with Crippen LogP contribution in [0.5, 0.6) is 0 Å². The summed E-state index contributed by atoms with van der Waals surface area (Å²) in [5.41, 5.74) is 0. The van der Waals surface area contributed by atoms with Crippen molar-refractivity contribution in [1.29, 1.82) is 0 Å². The maximum atomic E-state index is 3.71. The smallest absolute Gasteiger partial charge is 0.0252 e. The minimum atomic E-state index is 0.744. The quantitative estimate of drug-likeness (QED) is 0.646. The maximum absolute atomic E-state index is 3.71. The third-order valence-electron chi connectivity index (χ3n) is 4.23. The molecular weight excluding hydrogens is 160 g/mol. The fourth-order valence-corrected chi connectivity index (χ4v) is 3.19. The van der Waals surface area contributed by atoms with Gasteiger partial charge in [-0.3, -0.25) is 4.90 Å². The molecule has 2 saturated heterocycles. The summed E-state index contributed by atoms with van der Waals surface area (Å²) >= 11 is 0. The zero-order chi connectivity index (χ0) is 9.00. The van der Waals surface area contributed by atoms with E-state index in [0.29, 0.717) is 0 Å². The molecule has 0 aromatic carbocycles. The van der Waals surface area contributed by atoms with Crippen LogP contribution in [0.3, 0.4) is 0 Å². The Bertz CT molecular complexity index is 214. The molecule has 4 atom stereocenters. The second-order valence-electron chi connectivity index (χ2n) is 5.44. The Labute approximate surface area is 80.7 Å². The van der Waals surface area contributed by atoms with Crippen LogP contribution in [-0.4, -0.2) is 36.6 Å². The number of hydrogen-bond acceptors (Lipinski definition) is 2. The number of fused-ring (bicyclic) bond motifs is 3. The van der Waals surface area contributed by atoms with E-state index in [1.807, 2.05) is 0 Å². The summed E-state index contributed by atoms with van der Waals surface area (Å²) in [5.74, 6) is 2.94. The first-order valence-electron chi connectivity index (χ1n) is 5.73. The van der Waals surface area contributed by atoms with E-state index in [1.165, 1.54) is 26.1 Å². The minimum Gasteiger partial charge on any atom is -0.311 e. The Morgan fingerprint density at radius 1 is 1.31 bits per heavy atom. The predicted molar refractivity (Wildman–Crippen MR) is 53.6 cm³/mol. The monoisotopic (exact) mass is 180 g/mol. The van der Waals surface area contributed by atoms with Crippen molar-refractivity contribution in [2.24, 2.45) is 17.8 Å². The van der Waals surface area contributed by atoms with Gasteiger partial charge in [0.2, 0.25) is 0 Å². The SMILES string of the molecule is CC(C)[C@@H]1CN2CC3CC3C2CN1. The highest BCUT2D eigenvalue weighted by molar-refractivity contribution is 5.07. The molecule has 0 aromatic rings. The first kappa shape index (κ1) is 8.25. The van der Waals surface area contributed by atoms with Crippen molar-refractivity contribution in [3.8, 4) is 0 Å². The highest BCUT2D eigenvalue weighted by Crippen LogP contribution is 2.50. The number of hydrogen-bond donors (Lipinski definition) is 1. The Hall–Kier alpha value is -0.0800. The lowest BCUT2D eigenvalue weighted by molar-refractivity contribution is 0.130. The number of piperazine rings is 1. The lowest BCUT2D eigenvalue weighted by Crippen LogP contribution is -2.57. The van der Waals surface area contributed by atoms with E-state index in [1.54, 1.807) is 0 Å². The third kappa shape index (κ3) is 1.23. The molecule has 1 saturated carbocycles. The van der Waals surface area contributed by atoms with Gasteiger partial charge in [0, 0.05) is 31.7 Å². The summed E-state index contributed by atoms with van der Waals surface area (Å²) in [4.78, 5) is 2.74. The van der Waals surface area contributed by atoms with Crippen molar-refractivity contribution in [3.63, 3.8) is 0 Å². The summed E-state index contributed by atoms with van der Waals surface area (Å²) < 4.78 is 0. The van der Waals surface area contributed by atoms with Gasteiger partial charge in [-0.15, -0.1) is 0 Å². The lowest BCUT2D eigenvalue weighted by Gasteiger charge is -2.39. The first-order valence-corrected chi connectivity index (χ1v) is 5.73. The minimum absolute atomic E-state index is 0.744. The summed E-state index contributed by atoms with van der Waals surface area (Å²) in [5, 5.41) is 3.71. The summed E-state index contributed by atoms with van der Waals surface area (Å²) in [6.07, 6.45) is 1.52. The molecule has 0 spiro atoms. The molecule has 3 rings (SSSR count). The van der Waals surface area contributed by atoms with Crippen LogP contribution in [0.1, 0.15) is 20.3 Å². The molecule has 0 bridgehead atoms. The fourth-order valence-electron chi connectivity index (χ4n) is 3.19. The van der Waals surface area contributed by atoms with Crippen molar-refractivity contribution in [2.45, 2.75) is 32.4 Å². The van der Waals surface area contributed by atoms with Crippen LogP contribution in [0.15, 0.2) is 0 Å². The largest absolute Gasteiger partial charge is 0.311 e. The van der Waals surface area contributed by atoms with E-state index < -0.39 is 0 Å². The standard InChI is InChI=1S/C11H20N2/c1-7(2)10-6-13-5-8-3-9(8)11(13)4-12-10/h7-12H,3-6H2,1-2H3/t8?,9?,10-,11?/m0/s1. The summed E-state index contributed by atoms with van der Waals surface area (Å²) in [6, 6.07) is 1.65. The highest BCUT2D eigenvalue weighted by Gasteiger charge is 2.53. The van der Waals surface area contributed by atoms with Gasteiger partial charge in [0.15, 0.2) is 0 Å². The van der Waals surface area contributed by atoms with Gasteiger partial charge >= 0.3 is 0 Å². The molecule has 1 N–H and O–H groups in total. The highest BCUT2D eigenvalue weighted by atomic mass is 15.3. The molecule has 3 unspecified atom stereocenters. The molecule has 0 aromatic heterocycles. The number of nitrogens with zero attached hydrogens (tertiary/aromatic N) is 1. The topological polar surface area (TPSA) is 15.3 Å². The van der Waals surface area contributed by atoms with Crippen LogP contribution >= 0.6 is 0 Å². The van der Waals surface area contributed by atoms with E-state index in [-0.39, 0.29) is 0 Å². The Morgan fingerprint density at radius 3 is 2.92 bits per heavy atom. The molecule has 0 radical (unpaired) electrons. The second-order valence-corrected chi connectivity index (χ2v) is 5.44. The van der Waals surface area contributed by atoms with Crippen molar-refractivity contribution in [1.82, 2.24) is 10.2 Å². The number of rotatable bonds is 1. The van der Waals surface area contributed by atoms with Gasteiger partial charge in [-0.05, 0) is 24.2 Å². The first-order chi connectivity index (χ1) is 6.25. The molecule has 2 nitrogen and oxygen atoms in total. The van der Waals surface area contributed by atoms with Gasteiger partial charge in [0.05, 0.1) is 0 Å². The molecule has 1 aliphatic carbocycles. The molecule has 2 heteroatoms. The second kappa shape index (κ2) is 2.71. The van der Waals surface area contributed by atoms with Crippen LogP contribution in [0.25, 0.3) is 0 Å². The van der Waals surface area contributed by atoms with Crippen molar-refractivity contribution in [2.75, 3.05) is 19.6 Å². The molecule has 2 aliphatic heterocycles. The molecular formula is C11H20N2. The Kier molecular flexibility index (Phi) is 1.72. The summed E-state index contributed by atoms with van der Waals surface area (Å²) in [6.45, 7) is 8.61. The third-order valence-corrected chi connectivity index (χ3v) is 4.23. The zero-order valence-electron chi connectivity index (χ0n) is 8.66.